The highest BCUT2D eigenvalue weighted by atomic mass is 35.5. The van der Waals surface area contributed by atoms with Crippen LogP contribution >= 0.6 is 46.4 Å². The maximum atomic E-state index is 13.0. The van der Waals surface area contributed by atoms with Crippen molar-refractivity contribution >= 4 is 56.5 Å². The zero-order chi connectivity index (χ0) is 21.6. The molecule has 0 amide bonds. The van der Waals surface area contributed by atoms with Crippen molar-refractivity contribution in [2.45, 2.75) is 4.75 Å². The summed E-state index contributed by atoms with van der Waals surface area (Å²) in [5.74, 6) is -1.09. The lowest BCUT2D eigenvalue weighted by Gasteiger charge is -2.34. The van der Waals surface area contributed by atoms with Gasteiger partial charge in [-0.2, -0.15) is 8.42 Å². The van der Waals surface area contributed by atoms with Gasteiger partial charge in [0.25, 0.3) is 10.1 Å². The predicted octanol–water partition coefficient (Wildman–Crippen LogP) is 5.89. The molecule has 0 saturated carbocycles. The maximum absolute atomic E-state index is 13.0. The molecule has 0 spiro atoms. The van der Waals surface area contributed by atoms with Gasteiger partial charge in [0.15, 0.2) is 4.75 Å². The Kier molecular flexibility index (Phi) is 5.98. The van der Waals surface area contributed by atoms with Gasteiger partial charge in [-0.25, -0.2) is 0 Å². The van der Waals surface area contributed by atoms with Gasteiger partial charge < -0.3 is 10.2 Å². The molecule has 0 aliphatic carbocycles. The number of phenols is 2. The van der Waals surface area contributed by atoms with Crippen LogP contribution in [0.1, 0.15) is 16.7 Å². The largest absolute Gasteiger partial charge is 0.508 e. The van der Waals surface area contributed by atoms with Crippen LogP contribution in [-0.4, -0.2) is 23.2 Å². The molecule has 0 bridgehead atoms. The number of benzene rings is 3. The highest BCUT2D eigenvalue weighted by Gasteiger charge is 2.52. The van der Waals surface area contributed by atoms with Crippen LogP contribution in [0.15, 0.2) is 54.6 Å². The van der Waals surface area contributed by atoms with Crippen molar-refractivity contribution in [3.05, 3.63) is 91.4 Å². The van der Waals surface area contributed by atoms with Crippen LogP contribution in [0.2, 0.25) is 20.1 Å². The molecule has 0 fully saturated rings. The van der Waals surface area contributed by atoms with Gasteiger partial charge in [-0.15, -0.1) is 0 Å². The average molecular weight is 494 g/mol. The molecule has 29 heavy (non-hydrogen) atoms. The third-order valence-electron chi connectivity index (χ3n) is 4.36. The van der Waals surface area contributed by atoms with E-state index in [1.165, 1.54) is 36.4 Å². The molecule has 0 aliphatic rings. The minimum absolute atomic E-state index is 0.0191. The lowest BCUT2D eigenvalue weighted by Crippen LogP contribution is -2.39. The van der Waals surface area contributed by atoms with Crippen molar-refractivity contribution in [3.63, 3.8) is 0 Å². The molecule has 5 nitrogen and oxygen atoms in total. The summed E-state index contributed by atoms with van der Waals surface area (Å²) in [6.07, 6.45) is 0. The summed E-state index contributed by atoms with van der Waals surface area (Å²) < 4.78 is 34.0. The first-order chi connectivity index (χ1) is 13.5. The third kappa shape index (κ3) is 3.65. The number of phenolic OH excluding ortho intramolecular Hbond substituents is 2. The number of halogens is 4. The topological polar surface area (TPSA) is 94.8 Å². The Hall–Kier alpha value is -1.67. The van der Waals surface area contributed by atoms with Gasteiger partial charge in [0.2, 0.25) is 0 Å². The van der Waals surface area contributed by atoms with Gasteiger partial charge in [0.05, 0.1) is 15.1 Å². The van der Waals surface area contributed by atoms with E-state index in [-0.39, 0.29) is 31.2 Å². The van der Waals surface area contributed by atoms with Crippen LogP contribution in [0.4, 0.5) is 0 Å². The highest BCUT2D eigenvalue weighted by Crippen LogP contribution is 2.53. The third-order valence-corrected chi connectivity index (χ3v) is 7.13. The summed E-state index contributed by atoms with van der Waals surface area (Å²) >= 11 is 24.7. The normalized spacial score (nSPS) is 13.8. The Morgan fingerprint density at radius 1 is 0.759 bits per heavy atom. The lowest BCUT2D eigenvalue weighted by molar-refractivity contribution is 0.431. The summed E-state index contributed by atoms with van der Waals surface area (Å²) in [5.41, 5.74) is -0.582. The van der Waals surface area contributed by atoms with Gasteiger partial charge in [0.1, 0.15) is 11.5 Å². The van der Waals surface area contributed by atoms with Crippen molar-refractivity contribution < 1.29 is 23.2 Å². The number of aromatic hydroxyl groups is 2. The molecular formula is C19H12Cl4O5S. The summed E-state index contributed by atoms with van der Waals surface area (Å²) in [6, 6.07) is 11.8. The van der Waals surface area contributed by atoms with E-state index in [1.54, 1.807) is 6.07 Å². The monoisotopic (exact) mass is 492 g/mol. The fourth-order valence-electron chi connectivity index (χ4n) is 3.24. The molecule has 3 rings (SSSR count). The highest BCUT2D eigenvalue weighted by molar-refractivity contribution is 7.87. The molecule has 0 aromatic heterocycles. The quantitative estimate of drug-likeness (QED) is 0.239. The van der Waals surface area contributed by atoms with Crippen molar-refractivity contribution in [3.8, 4) is 11.5 Å². The van der Waals surface area contributed by atoms with Gasteiger partial charge in [-0.1, -0.05) is 76.7 Å². The van der Waals surface area contributed by atoms with E-state index in [0.717, 1.165) is 12.1 Å². The Labute approximate surface area is 186 Å². The minimum atomic E-state index is -5.11. The molecule has 0 aliphatic heterocycles. The fraction of sp³-hybridized carbons (Fsp3) is 0.0526. The average Bonchev–Trinajstić information content (AvgIpc) is 2.61. The zero-order valence-electron chi connectivity index (χ0n) is 14.3. The Morgan fingerprint density at radius 2 is 1.34 bits per heavy atom. The molecule has 0 heterocycles. The SMILES string of the molecule is O=S(=O)(O)C(c1ccccc1)(c1cc(Cl)c(Cl)cc1Cl)c1c(O)cc(O)cc1Cl. The standard InChI is InChI=1S/C19H12Cl4O5S/c20-13-9-15(22)14(21)8-12(13)19(29(26,27)28,10-4-2-1-3-5-10)18-16(23)6-11(24)7-17(18)25/h1-9,24-25H,(H,26,27,28). The molecule has 3 aromatic carbocycles. The Bertz CT molecular complexity index is 1180. The van der Waals surface area contributed by atoms with Gasteiger partial charge in [0, 0.05) is 22.2 Å². The second kappa shape index (κ2) is 7.87. The molecule has 3 aromatic rings. The van der Waals surface area contributed by atoms with Gasteiger partial charge >= 0.3 is 0 Å². The summed E-state index contributed by atoms with van der Waals surface area (Å²) in [7, 11) is -5.11. The van der Waals surface area contributed by atoms with E-state index in [4.69, 9.17) is 46.4 Å². The molecule has 0 saturated heterocycles. The molecule has 1 unspecified atom stereocenters. The van der Waals surface area contributed by atoms with E-state index in [2.05, 4.69) is 0 Å². The van der Waals surface area contributed by atoms with E-state index in [1.807, 2.05) is 0 Å². The van der Waals surface area contributed by atoms with Gasteiger partial charge in [-0.3, -0.25) is 4.55 Å². The summed E-state index contributed by atoms with van der Waals surface area (Å²) in [6.45, 7) is 0. The van der Waals surface area contributed by atoms with Crippen LogP contribution in [0.25, 0.3) is 0 Å². The maximum Gasteiger partial charge on any atom is 0.283 e. The molecular weight excluding hydrogens is 482 g/mol. The minimum Gasteiger partial charge on any atom is -0.508 e. The van der Waals surface area contributed by atoms with E-state index in [0.29, 0.717) is 0 Å². The lowest BCUT2D eigenvalue weighted by atomic mass is 9.83. The number of hydrogen-bond acceptors (Lipinski definition) is 4. The van der Waals surface area contributed by atoms with E-state index >= 15 is 0 Å². The second-order valence-electron chi connectivity index (χ2n) is 6.09. The fourth-order valence-corrected chi connectivity index (χ4v) is 5.75. The van der Waals surface area contributed by atoms with Crippen molar-refractivity contribution in [1.82, 2.24) is 0 Å². The first-order valence-electron chi connectivity index (χ1n) is 7.89. The van der Waals surface area contributed by atoms with E-state index in [9.17, 15) is 23.2 Å². The van der Waals surface area contributed by atoms with Crippen molar-refractivity contribution in [1.29, 1.82) is 0 Å². The van der Waals surface area contributed by atoms with Gasteiger partial charge in [-0.05, 0) is 23.8 Å². The molecule has 0 radical (unpaired) electrons. The Morgan fingerprint density at radius 3 is 1.90 bits per heavy atom. The first-order valence-corrected chi connectivity index (χ1v) is 10.8. The summed E-state index contributed by atoms with van der Waals surface area (Å²) in [4.78, 5) is 0. The first kappa shape index (κ1) is 22.0. The second-order valence-corrected chi connectivity index (χ2v) is 9.28. The van der Waals surface area contributed by atoms with Crippen molar-refractivity contribution in [2.75, 3.05) is 0 Å². The Balaban J connectivity index is 2.64. The number of hydrogen-bond donors (Lipinski definition) is 3. The smallest absolute Gasteiger partial charge is 0.283 e. The predicted molar refractivity (Wildman–Crippen MR) is 114 cm³/mol. The number of rotatable bonds is 4. The van der Waals surface area contributed by atoms with Crippen LogP contribution in [0.5, 0.6) is 11.5 Å². The zero-order valence-corrected chi connectivity index (χ0v) is 18.1. The van der Waals surface area contributed by atoms with Crippen LogP contribution in [0, 0.1) is 0 Å². The molecule has 152 valence electrons. The summed E-state index contributed by atoms with van der Waals surface area (Å²) in [5, 5.41) is 19.9. The molecule has 10 heteroatoms. The van der Waals surface area contributed by atoms with Crippen LogP contribution in [-0.2, 0) is 14.9 Å². The van der Waals surface area contributed by atoms with E-state index < -0.39 is 31.9 Å². The van der Waals surface area contributed by atoms with Crippen molar-refractivity contribution in [2.24, 2.45) is 0 Å². The van der Waals surface area contributed by atoms with Crippen LogP contribution < -0.4 is 0 Å². The molecule has 3 N–H and O–H groups in total. The molecule has 1 atom stereocenters. The van der Waals surface area contributed by atoms with Crippen LogP contribution in [0.3, 0.4) is 0 Å².